The van der Waals surface area contributed by atoms with E-state index in [1.165, 1.54) is 31.6 Å². The van der Waals surface area contributed by atoms with Crippen molar-refractivity contribution in [3.63, 3.8) is 0 Å². The molecule has 1 aromatic heterocycles. The third kappa shape index (κ3) is 3.96. The van der Waals surface area contributed by atoms with Gasteiger partial charge in [-0.05, 0) is 11.6 Å². The number of ether oxygens (including phenoxy) is 2. The number of rotatable bonds is 7. The molecule has 28 heavy (non-hydrogen) atoms. The van der Waals surface area contributed by atoms with Crippen LogP contribution in [0.15, 0.2) is 54.9 Å². The van der Waals surface area contributed by atoms with Gasteiger partial charge < -0.3 is 9.47 Å². The summed E-state index contributed by atoms with van der Waals surface area (Å²) in [6, 6.07) is 11.8. The molecule has 1 heterocycles. The second kappa shape index (κ2) is 7.69. The Morgan fingerprint density at radius 3 is 2.54 bits per heavy atom. The highest BCUT2D eigenvalue weighted by Crippen LogP contribution is 2.41. The molecule has 0 saturated heterocycles. The Balaban J connectivity index is 2.08. The van der Waals surface area contributed by atoms with Crippen molar-refractivity contribution in [1.29, 1.82) is 0 Å². The van der Waals surface area contributed by atoms with Gasteiger partial charge in [-0.3, -0.25) is 10.1 Å². The Morgan fingerprint density at radius 2 is 1.93 bits per heavy atom. The molecule has 0 N–H and O–H groups in total. The summed E-state index contributed by atoms with van der Waals surface area (Å²) in [6.07, 6.45) is 3.58. The summed E-state index contributed by atoms with van der Waals surface area (Å²) >= 11 is 0. The maximum absolute atomic E-state index is 11.9. The molecule has 2 aromatic carbocycles. The van der Waals surface area contributed by atoms with Crippen molar-refractivity contribution in [2.75, 3.05) is 13.4 Å². The smallest absolute Gasteiger partial charge is 0.315 e. The van der Waals surface area contributed by atoms with Gasteiger partial charge in [0.05, 0.1) is 18.3 Å². The fourth-order valence-electron chi connectivity index (χ4n) is 2.64. The van der Waals surface area contributed by atoms with Crippen LogP contribution in [-0.4, -0.2) is 35.7 Å². The second-order valence-corrected chi connectivity index (χ2v) is 7.73. The molecule has 0 spiro atoms. The van der Waals surface area contributed by atoms with Gasteiger partial charge in [-0.2, -0.15) is 0 Å². The minimum atomic E-state index is -3.64. The molecule has 3 aromatic rings. The van der Waals surface area contributed by atoms with Crippen LogP contribution in [0.3, 0.4) is 0 Å². The first-order valence-corrected chi connectivity index (χ1v) is 9.93. The van der Waals surface area contributed by atoms with Crippen LogP contribution in [-0.2, 0) is 16.6 Å². The molecular formula is C18H17N3O6S. The molecule has 10 heteroatoms. The van der Waals surface area contributed by atoms with Crippen molar-refractivity contribution in [3.8, 4) is 22.9 Å². The molecule has 0 aliphatic carbocycles. The molecule has 0 aliphatic heterocycles. The largest absolute Gasteiger partial charge is 0.493 e. The van der Waals surface area contributed by atoms with Gasteiger partial charge in [-0.15, -0.1) is 0 Å². The molecule has 146 valence electrons. The van der Waals surface area contributed by atoms with Gasteiger partial charge in [0.1, 0.15) is 6.61 Å². The predicted molar refractivity (Wildman–Crippen MR) is 102 cm³/mol. The van der Waals surface area contributed by atoms with Gasteiger partial charge >= 0.3 is 5.69 Å². The maximum atomic E-state index is 11.9. The molecule has 0 fully saturated rings. The minimum Gasteiger partial charge on any atom is -0.493 e. The van der Waals surface area contributed by atoms with Crippen molar-refractivity contribution in [1.82, 2.24) is 8.96 Å². The number of nitro groups is 1. The first kappa shape index (κ1) is 19.4. The van der Waals surface area contributed by atoms with Crippen LogP contribution in [0.5, 0.6) is 11.5 Å². The van der Waals surface area contributed by atoms with Crippen molar-refractivity contribution < 1.29 is 22.8 Å². The van der Waals surface area contributed by atoms with E-state index in [9.17, 15) is 18.5 Å². The molecule has 0 radical (unpaired) electrons. The number of benzene rings is 2. The summed E-state index contributed by atoms with van der Waals surface area (Å²) in [6.45, 7) is 0.107. The average molecular weight is 403 g/mol. The van der Waals surface area contributed by atoms with Gasteiger partial charge in [-0.25, -0.2) is 17.4 Å². The van der Waals surface area contributed by atoms with Gasteiger partial charge in [-0.1, -0.05) is 30.3 Å². The third-order valence-electron chi connectivity index (χ3n) is 3.90. The predicted octanol–water partition coefficient (Wildman–Crippen LogP) is 2.85. The molecule has 0 bridgehead atoms. The normalized spacial score (nSPS) is 11.2. The zero-order valence-corrected chi connectivity index (χ0v) is 15.9. The van der Waals surface area contributed by atoms with E-state index >= 15 is 0 Å². The zero-order valence-electron chi connectivity index (χ0n) is 15.1. The number of hydrogen-bond acceptors (Lipinski definition) is 7. The lowest BCUT2D eigenvalue weighted by atomic mass is 10.1. The van der Waals surface area contributed by atoms with E-state index in [1.807, 2.05) is 30.3 Å². The van der Waals surface area contributed by atoms with Gasteiger partial charge in [0.25, 0.3) is 0 Å². The number of imidazole rings is 1. The maximum Gasteiger partial charge on any atom is 0.315 e. The topological polar surface area (TPSA) is 114 Å². The highest BCUT2D eigenvalue weighted by Gasteiger charge is 2.25. The van der Waals surface area contributed by atoms with Crippen LogP contribution >= 0.6 is 0 Å². The second-order valence-electron chi connectivity index (χ2n) is 5.87. The van der Waals surface area contributed by atoms with E-state index in [-0.39, 0.29) is 35.2 Å². The Bertz CT molecular complexity index is 1110. The van der Waals surface area contributed by atoms with Crippen LogP contribution < -0.4 is 9.47 Å². The van der Waals surface area contributed by atoms with Crippen LogP contribution in [0, 0.1) is 10.1 Å². The van der Waals surface area contributed by atoms with Crippen LogP contribution in [0.25, 0.3) is 11.4 Å². The van der Waals surface area contributed by atoms with Gasteiger partial charge in [0, 0.05) is 24.0 Å². The highest BCUT2D eigenvalue weighted by atomic mass is 32.2. The molecule has 0 atom stereocenters. The fourth-order valence-corrected chi connectivity index (χ4v) is 3.38. The molecule has 0 amide bonds. The summed E-state index contributed by atoms with van der Waals surface area (Å²) in [5, 5.41) is 11.6. The number of methoxy groups -OCH3 is 1. The molecule has 3 rings (SSSR count). The number of aromatic nitrogens is 2. The van der Waals surface area contributed by atoms with E-state index in [0.29, 0.717) is 0 Å². The Kier molecular flexibility index (Phi) is 5.32. The SMILES string of the molecule is COc1cc(-c2nccn2S(C)(=O)=O)cc([N+](=O)[O-])c1OCc1ccccc1. The highest BCUT2D eigenvalue weighted by molar-refractivity contribution is 7.89. The minimum absolute atomic E-state index is 0.0403. The van der Waals surface area contributed by atoms with Crippen molar-refractivity contribution in [2.24, 2.45) is 0 Å². The Hall–Kier alpha value is -3.40. The van der Waals surface area contributed by atoms with Crippen molar-refractivity contribution >= 4 is 15.7 Å². The monoisotopic (exact) mass is 403 g/mol. The lowest BCUT2D eigenvalue weighted by Gasteiger charge is -2.13. The first-order valence-electron chi connectivity index (χ1n) is 8.08. The molecular weight excluding hydrogens is 386 g/mol. The van der Waals surface area contributed by atoms with Crippen LogP contribution in [0.1, 0.15) is 5.56 Å². The van der Waals surface area contributed by atoms with Crippen LogP contribution in [0.2, 0.25) is 0 Å². The summed E-state index contributed by atoms with van der Waals surface area (Å²) in [5.74, 6) is 0.0965. The number of hydrogen-bond donors (Lipinski definition) is 0. The summed E-state index contributed by atoms with van der Waals surface area (Å²) in [5.41, 5.74) is 0.690. The first-order chi connectivity index (χ1) is 13.3. The van der Waals surface area contributed by atoms with E-state index in [0.717, 1.165) is 15.8 Å². The summed E-state index contributed by atoms with van der Waals surface area (Å²) < 4.78 is 35.7. The molecule has 0 unspecified atom stereocenters. The quantitative estimate of drug-likeness (QED) is 0.440. The van der Waals surface area contributed by atoms with Crippen molar-refractivity contribution in [2.45, 2.75) is 6.61 Å². The summed E-state index contributed by atoms with van der Waals surface area (Å²) in [4.78, 5) is 15.0. The van der Waals surface area contributed by atoms with E-state index < -0.39 is 14.9 Å². The van der Waals surface area contributed by atoms with Gasteiger partial charge in [0.2, 0.25) is 15.8 Å². The van der Waals surface area contributed by atoms with E-state index in [2.05, 4.69) is 4.98 Å². The lowest BCUT2D eigenvalue weighted by molar-refractivity contribution is -0.386. The van der Waals surface area contributed by atoms with Crippen LogP contribution in [0.4, 0.5) is 5.69 Å². The lowest BCUT2D eigenvalue weighted by Crippen LogP contribution is -2.10. The van der Waals surface area contributed by atoms with Crippen molar-refractivity contribution in [3.05, 3.63) is 70.5 Å². The standard InChI is InChI=1S/C18H17N3O6S/c1-26-16-11-14(18-19-8-9-20(18)28(2,24)25)10-15(21(22)23)17(16)27-12-13-6-4-3-5-7-13/h3-11H,12H2,1-2H3. The fraction of sp³-hybridized carbons (Fsp3) is 0.167. The molecule has 0 saturated carbocycles. The van der Waals surface area contributed by atoms with E-state index in [4.69, 9.17) is 9.47 Å². The number of nitrogens with zero attached hydrogens (tertiary/aromatic N) is 3. The Labute approximate surface area is 161 Å². The average Bonchev–Trinajstić information content (AvgIpc) is 3.17. The summed E-state index contributed by atoms with van der Waals surface area (Å²) in [7, 11) is -2.29. The molecule has 0 aliphatic rings. The Morgan fingerprint density at radius 1 is 1.21 bits per heavy atom. The zero-order chi connectivity index (χ0) is 20.3. The van der Waals surface area contributed by atoms with Gasteiger partial charge in [0.15, 0.2) is 11.6 Å². The van der Waals surface area contributed by atoms with E-state index in [1.54, 1.807) is 0 Å². The third-order valence-corrected chi connectivity index (χ3v) is 4.91. The number of nitro benzene ring substituents is 1. The molecule has 9 nitrogen and oxygen atoms in total.